The van der Waals surface area contributed by atoms with E-state index in [1.54, 1.807) is 0 Å². The third kappa shape index (κ3) is 9.00. The lowest BCUT2D eigenvalue weighted by Crippen LogP contribution is -2.14. The minimum absolute atomic E-state index is 0.537. The number of nitrogens with one attached hydrogen (secondary N) is 1. The van der Waals surface area contributed by atoms with Gasteiger partial charge in [-0.1, -0.05) is 71.1 Å². The van der Waals surface area contributed by atoms with Gasteiger partial charge in [-0.05, 0) is 41.5 Å². The number of hydrogen-bond donors (Lipinski definition) is 1. The van der Waals surface area contributed by atoms with E-state index in [2.05, 4.69) is 47.4 Å². The second-order valence-corrected chi connectivity index (χ2v) is 8.45. The minimum Gasteiger partial charge on any atom is -0.312 e. The SMILES string of the molecule is CCCCCCCCCCCCC(NC)c1ccc(Br)s1. The van der Waals surface area contributed by atoms with Crippen molar-refractivity contribution in [2.75, 3.05) is 7.05 Å². The third-order valence-electron chi connectivity index (χ3n) is 4.13. The third-order valence-corrected chi connectivity index (χ3v) is 5.87. The quantitative estimate of drug-likeness (QED) is 0.364. The fraction of sp³-hybridized carbons (Fsp3) is 0.778. The predicted molar refractivity (Wildman–Crippen MR) is 100 cm³/mol. The van der Waals surface area contributed by atoms with Crippen LogP contribution in [0.1, 0.15) is 88.5 Å². The second kappa shape index (κ2) is 12.7. The first kappa shape index (κ1) is 19.2. The molecule has 0 aliphatic heterocycles. The van der Waals surface area contributed by atoms with Crippen LogP contribution >= 0.6 is 27.3 Å². The van der Waals surface area contributed by atoms with E-state index < -0.39 is 0 Å². The zero-order chi connectivity index (χ0) is 15.3. The zero-order valence-electron chi connectivity index (χ0n) is 13.8. The molecule has 0 aliphatic rings. The van der Waals surface area contributed by atoms with Gasteiger partial charge in [-0.2, -0.15) is 0 Å². The Morgan fingerprint density at radius 3 is 2.00 bits per heavy atom. The maximum Gasteiger partial charge on any atom is 0.0701 e. The fourth-order valence-corrected chi connectivity index (χ4v) is 4.35. The van der Waals surface area contributed by atoms with Gasteiger partial charge in [0.2, 0.25) is 0 Å². The van der Waals surface area contributed by atoms with Crippen LogP contribution in [0.2, 0.25) is 0 Å². The van der Waals surface area contributed by atoms with Gasteiger partial charge in [0.25, 0.3) is 0 Å². The molecular formula is C18H32BrNS. The van der Waals surface area contributed by atoms with Gasteiger partial charge in [0.05, 0.1) is 3.79 Å². The highest BCUT2D eigenvalue weighted by Crippen LogP contribution is 2.30. The summed E-state index contributed by atoms with van der Waals surface area (Å²) >= 11 is 5.41. The molecule has 1 unspecified atom stereocenters. The highest BCUT2D eigenvalue weighted by Gasteiger charge is 2.10. The van der Waals surface area contributed by atoms with Crippen molar-refractivity contribution >= 4 is 27.3 Å². The van der Waals surface area contributed by atoms with Crippen LogP contribution in [-0.4, -0.2) is 7.05 Å². The summed E-state index contributed by atoms with van der Waals surface area (Å²) in [7, 11) is 2.08. The number of rotatable bonds is 13. The molecule has 0 aliphatic carbocycles. The van der Waals surface area contributed by atoms with Gasteiger partial charge in [-0.15, -0.1) is 11.3 Å². The Bertz CT molecular complexity index is 351. The van der Waals surface area contributed by atoms with Crippen molar-refractivity contribution in [2.24, 2.45) is 0 Å². The van der Waals surface area contributed by atoms with Gasteiger partial charge < -0.3 is 5.32 Å². The molecule has 3 heteroatoms. The van der Waals surface area contributed by atoms with Crippen LogP contribution in [0.5, 0.6) is 0 Å². The van der Waals surface area contributed by atoms with E-state index in [4.69, 9.17) is 0 Å². The van der Waals surface area contributed by atoms with Crippen LogP contribution in [-0.2, 0) is 0 Å². The summed E-state index contributed by atoms with van der Waals surface area (Å²) in [5.41, 5.74) is 0. The van der Waals surface area contributed by atoms with Gasteiger partial charge in [0.1, 0.15) is 0 Å². The molecule has 1 N–H and O–H groups in total. The van der Waals surface area contributed by atoms with Crippen LogP contribution < -0.4 is 5.32 Å². The maximum atomic E-state index is 3.55. The molecule has 1 atom stereocenters. The highest BCUT2D eigenvalue weighted by atomic mass is 79.9. The monoisotopic (exact) mass is 373 g/mol. The average molecular weight is 374 g/mol. The first-order valence-electron chi connectivity index (χ1n) is 8.70. The van der Waals surface area contributed by atoms with E-state index in [-0.39, 0.29) is 0 Å². The lowest BCUT2D eigenvalue weighted by molar-refractivity contribution is 0.497. The van der Waals surface area contributed by atoms with E-state index in [0.717, 1.165) is 0 Å². The largest absolute Gasteiger partial charge is 0.312 e. The molecule has 0 saturated carbocycles. The summed E-state index contributed by atoms with van der Waals surface area (Å²) in [5, 5.41) is 3.45. The fourth-order valence-electron chi connectivity index (χ4n) is 2.78. The van der Waals surface area contributed by atoms with Gasteiger partial charge in [0.15, 0.2) is 0 Å². The molecule has 1 heterocycles. The summed E-state index contributed by atoms with van der Waals surface area (Å²) in [4.78, 5) is 1.46. The molecule has 0 spiro atoms. The van der Waals surface area contributed by atoms with E-state index in [1.165, 1.54) is 79.3 Å². The molecule has 1 nitrogen and oxygen atoms in total. The van der Waals surface area contributed by atoms with Crippen LogP contribution in [0.25, 0.3) is 0 Å². The lowest BCUT2D eigenvalue weighted by Gasteiger charge is -2.14. The minimum atomic E-state index is 0.537. The first-order chi connectivity index (χ1) is 10.3. The normalized spacial score (nSPS) is 12.7. The van der Waals surface area contributed by atoms with Crippen molar-refractivity contribution in [3.8, 4) is 0 Å². The number of unbranched alkanes of at least 4 members (excludes halogenated alkanes) is 9. The van der Waals surface area contributed by atoms with Crippen molar-refractivity contribution < 1.29 is 0 Å². The van der Waals surface area contributed by atoms with Gasteiger partial charge >= 0.3 is 0 Å². The van der Waals surface area contributed by atoms with Crippen molar-refractivity contribution in [1.82, 2.24) is 5.32 Å². The predicted octanol–water partition coefficient (Wildman–Crippen LogP) is 7.08. The standard InChI is InChI=1S/C18H32BrNS/c1-3-4-5-6-7-8-9-10-11-12-13-16(20-2)17-14-15-18(19)21-17/h14-16,20H,3-13H2,1-2H3. The summed E-state index contributed by atoms with van der Waals surface area (Å²) in [6.45, 7) is 2.29. The Balaban J connectivity index is 1.98. The number of halogens is 1. The molecule has 1 aromatic heterocycles. The molecule has 0 radical (unpaired) electrons. The van der Waals surface area contributed by atoms with E-state index in [9.17, 15) is 0 Å². The number of thiophene rings is 1. The Labute approximate surface area is 144 Å². The zero-order valence-corrected chi connectivity index (χ0v) is 16.2. The van der Waals surface area contributed by atoms with Gasteiger partial charge in [-0.3, -0.25) is 0 Å². The van der Waals surface area contributed by atoms with Crippen LogP contribution in [0, 0.1) is 0 Å². The van der Waals surface area contributed by atoms with E-state index >= 15 is 0 Å². The second-order valence-electron chi connectivity index (χ2n) is 5.95. The van der Waals surface area contributed by atoms with E-state index in [0.29, 0.717) is 6.04 Å². The molecular weight excluding hydrogens is 342 g/mol. The van der Waals surface area contributed by atoms with Crippen LogP contribution in [0.4, 0.5) is 0 Å². The molecule has 0 aromatic carbocycles. The summed E-state index contributed by atoms with van der Waals surface area (Å²) in [5.74, 6) is 0. The highest BCUT2D eigenvalue weighted by molar-refractivity contribution is 9.11. The van der Waals surface area contributed by atoms with Crippen molar-refractivity contribution in [1.29, 1.82) is 0 Å². The molecule has 122 valence electrons. The molecule has 1 rings (SSSR count). The van der Waals surface area contributed by atoms with Gasteiger partial charge in [0, 0.05) is 10.9 Å². The van der Waals surface area contributed by atoms with Crippen LogP contribution in [0.3, 0.4) is 0 Å². The Kier molecular flexibility index (Phi) is 11.6. The molecule has 0 saturated heterocycles. The molecule has 0 amide bonds. The first-order valence-corrected chi connectivity index (χ1v) is 10.3. The maximum absolute atomic E-state index is 3.55. The summed E-state index contributed by atoms with van der Waals surface area (Å²) in [6.07, 6.45) is 15.4. The van der Waals surface area contributed by atoms with Gasteiger partial charge in [-0.25, -0.2) is 0 Å². The molecule has 1 aromatic rings. The summed E-state index contributed by atoms with van der Waals surface area (Å²) in [6, 6.07) is 4.94. The Morgan fingerprint density at radius 1 is 0.952 bits per heavy atom. The Morgan fingerprint density at radius 2 is 1.52 bits per heavy atom. The number of hydrogen-bond acceptors (Lipinski definition) is 2. The molecule has 0 bridgehead atoms. The van der Waals surface area contributed by atoms with Crippen molar-refractivity contribution in [2.45, 2.75) is 83.6 Å². The van der Waals surface area contributed by atoms with Crippen LogP contribution in [0.15, 0.2) is 15.9 Å². The molecule has 21 heavy (non-hydrogen) atoms. The molecule has 0 fully saturated rings. The average Bonchev–Trinajstić information content (AvgIpc) is 2.91. The smallest absolute Gasteiger partial charge is 0.0701 e. The van der Waals surface area contributed by atoms with Crippen molar-refractivity contribution in [3.63, 3.8) is 0 Å². The van der Waals surface area contributed by atoms with Crippen molar-refractivity contribution in [3.05, 3.63) is 20.8 Å². The topological polar surface area (TPSA) is 12.0 Å². The lowest BCUT2D eigenvalue weighted by atomic mass is 10.0. The Hall–Kier alpha value is 0.140. The van der Waals surface area contributed by atoms with E-state index in [1.807, 2.05) is 11.3 Å². The summed E-state index contributed by atoms with van der Waals surface area (Å²) < 4.78 is 1.24.